The summed E-state index contributed by atoms with van der Waals surface area (Å²) in [5.74, 6) is 0.0299. The van der Waals surface area contributed by atoms with Crippen molar-refractivity contribution in [1.82, 2.24) is 24.7 Å². The lowest BCUT2D eigenvalue weighted by atomic mass is 10.1. The van der Waals surface area contributed by atoms with Crippen molar-refractivity contribution in [3.63, 3.8) is 0 Å². The van der Waals surface area contributed by atoms with Crippen molar-refractivity contribution in [2.45, 2.75) is 26.9 Å². The normalized spacial score (nSPS) is 10.9. The van der Waals surface area contributed by atoms with Gasteiger partial charge >= 0.3 is 5.82 Å². The van der Waals surface area contributed by atoms with Crippen LogP contribution in [0.3, 0.4) is 0 Å². The molecule has 0 aliphatic heterocycles. The lowest BCUT2D eigenvalue weighted by Crippen LogP contribution is -2.16. The second-order valence-corrected chi connectivity index (χ2v) is 6.97. The Morgan fingerprint density at radius 1 is 1.10 bits per heavy atom. The molecule has 0 fully saturated rings. The highest BCUT2D eigenvalue weighted by molar-refractivity contribution is 6.03. The Kier molecular flexibility index (Phi) is 5.31. The van der Waals surface area contributed by atoms with Crippen molar-refractivity contribution in [2.24, 2.45) is 0 Å². The summed E-state index contributed by atoms with van der Waals surface area (Å²) in [6.45, 7) is 4.38. The van der Waals surface area contributed by atoms with Gasteiger partial charge in [-0.05, 0) is 29.9 Å². The number of benzene rings is 1. The fourth-order valence-corrected chi connectivity index (χ4v) is 3.11. The Labute approximate surface area is 176 Å². The third-order valence-electron chi connectivity index (χ3n) is 4.81. The second-order valence-electron chi connectivity index (χ2n) is 6.97. The molecule has 11 heteroatoms. The zero-order chi connectivity index (χ0) is 22.0. The monoisotopic (exact) mass is 421 g/mol. The third-order valence-corrected chi connectivity index (χ3v) is 4.81. The zero-order valence-corrected chi connectivity index (χ0v) is 16.8. The maximum Gasteiger partial charge on any atom is 0.389 e. The van der Waals surface area contributed by atoms with E-state index in [9.17, 15) is 14.9 Å². The summed E-state index contributed by atoms with van der Waals surface area (Å²) in [7, 11) is 0. The molecule has 0 unspecified atom stereocenters. The fraction of sp³-hybridized carbons (Fsp3) is 0.200. The molecule has 4 rings (SSSR count). The van der Waals surface area contributed by atoms with Crippen molar-refractivity contribution in [3.05, 3.63) is 87.1 Å². The van der Waals surface area contributed by atoms with Gasteiger partial charge in [0.1, 0.15) is 5.76 Å². The Hall–Kier alpha value is -4.28. The van der Waals surface area contributed by atoms with Crippen molar-refractivity contribution in [3.8, 4) is 0 Å². The first kappa shape index (κ1) is 20.0. The molecule has 0 spiro atoms. The summed E-state index contributed by atoms with van der Waals surface area (Å²) in [5, 5.41) is 25.6. The fourth-order valence-electron chi connectivity index (χ4n) is 3.11. The molecule has 0 saturated carbocycles. The summed E-state index contributed by atoms with van der Waals surface area (Å²) in [6, 6.07) is 11.0. The molecule has 0 aliphatic rings. The number of nitro groups is 1. The van der Waals surface area contributed by atoms with Crippen LogP contribution in [0.2, 0.25) is 0 Å². The summed E-state index contributed by atoms with van der Waals surface area (Å²) < 4.78 is 8.25. The van der Waals surface area contributed by atoms with Crippen LogP contribution in [0.4, 0.5) is 11.6 Å². The van der Waals surface area contributed by atoms with Gasteiger partial charge in [-0.15, -0.1) is 0 Å². The van der Waals surface area contributed by atoms with E-state index < -0.39 is 10.8 Å². The zero-order valence-electron chi connectivity index (χ0n) is 16.8. The van der Waals surface area contributed by atoms with Crippen LogP contribution in [0, 0.1) is 24.0 Å². The van der Waals surface area contributed by atoms with Crippen LogP contribution >= 0.6 is 0 Å². The van der Waals surface area contributed by atoms with Gasteiger partial charge in [0.25, 0.3) is 5.91 Å². The van der Waals surface area contributed by atoms with E-state index in [1.54, 1.807) is 23.9 Å². The summed E-state index contributed by atoms with van der Waals surface area (Å²) in [4.78, 5) is 23.0. The largest absolute Gasteiger partial charge is 0.389 e. The summed E-state index contributed by atoms with van der Waals surface area (Å²) in [5.41, 5.74) is 2.84. The molecular formula is C20H19N7O4. The Bertz CT molecular complexity index is 1250. The SMILES string of the molecule is Cc1ccccc1Cn1ccc(NC(=O)c2noc(C)c2Cn2ccc([N+](=O)[O-])n2)n1. The maximum absolute atomic E-state index is 12.8. The number of nitrogens with zero attached hydrogens (tertiary/aromatic N) is 6. The van der Waals surface area contributed by atoms with Gasteiger partial charge in [0.15, 0.2) is 11.5 Å². The molecule has 0 aliphatic carbocycles. The number of carbonyl (C=O) groups is 1. The van der Waals surface area contributed by atoms with E-state index in [1.807, 2.05) is 31.2 Å². The van der Waals surface area contributed by atoms with Crippen molar-refractivity contribution >= 4 is 17.5 Å². The van der Waals surface area contributed by atoms with E-state index in [0.717, 1.165) is 11.1 Å². The van der Waals surface area contributed by atoms with E-state index >= 15 is 0 Å². The number of hydrogen-bond acceptors (Lipinski definition) is 7. The highest BCUT2D eigenvalue weighted by atomic mass is 16.6. The number of amides is 1. The number of carbonyl (C=O) groups excluding carboxylic acids is 1. The van der Waals surface area contributed by atoms with Crippen LogP contribution in [0.25, 0.3) is 0 Å². The molecule has 3 heterocycles. The highest BCUT2D eigenvalue weighted by Crippen LogP contribution is 2.18. The van der Waals surface area contributed by atoms with Crippen molar-refractivity contribution < 1.29 is 14.2 Å². The summed E-state index contributed by atoms with van der Waals surface area (Å²) >= 11 is 0. The van der Waals surface area contributed by atoms with Crippen molar-refractivity contribution in [1.29, 1.82) is 0 Å². The molecule has 0 atom stereocenters. The van der Waals surface area contributed by atoms with Gasteiger partial charge in [-0.3, -0.25) is 9.48 Å². The molecule has 0 radical (unpaired) electrons. The third kappa shape index (κ3) is 4.34. The molecule has 1 amide bonds. The number of nitrogens with one attached hydrogen (secondary N) is 1. The van der Waals surface area contributed by atoms with Gasteiger partial charge in [-0.25, -0.2) is 0 Å². The standard InChI is InChI=1S/C20H19N7O4/c1-13-5-3-4-6-15(13)11-25-9-7-17(22-25)21-20(28)19-16(14(2)31-24-19)12-26-10-8-18(23-26)27(29)30/h3-10H,11-12H2,1-2H3,(H,21,22,28). The number of aryl methyl sites for hydroxylation is 2. The maximum atomic E-state index is 12.8. The number of anilines is 1. The minimum Gasteiger partial charge on any atom is -0.361 e. The molecule has 0 saturated heterocycles. The van der Waals surface area contributed by atoms with Crippen LogP contribution < -0.4 is 5.32 Å². The molecule has 1 aromatic carbocycles. The Morgan fingerprint density at radius 2 is 1.84 bits per heavy atom. The summed E-state index contributed by atoms with van der Waals surface area (Å²) in [6.07, 6.45) is 3.24. The molecule has 31 heavy (non-hydrogen) atoms. The van der Waals surface area contributed by atoms with Gasteiger partial charge in [-0.2, -0.15) is 9.78 Å². The van der Waals surface area contributed by atoms with E-state index in [4.69, 9.17) is 4.52 Å². The second kappa shape index (κ2) is 8.22. The first-order valence-corrected chi connectivity index (χ1v) is 9.43. The lowest BCUT2D eigenvalue weighted by Gasteiger charge is -2.05. The smallest absolute Gasteiger partial charge is 0.361 e. The van der Waals surface area contributed by atoms with Gasteiger partial charge in [0.05, 0.1) is 36.0 Å². The topological polar surface area (TPSA) is 134 Å². The average Bonchev–Trinajstić information content (AvgIpc) is 3.46. The van der Waals surface area contributed by atoms with Gasteiger partial charge in [0, 0.05) is 12.3 Å². The van der Waals surface area contributed by atoms with Gasteiger partial charge in [0.2, 0.25) is 0 Å². The molecule has 1 N–H and O–H groups in total. The molecule has 158 valence electrons. The number of aromatic nitrogens is 5. The lowest BCUT2D eigenvalue weighted by molar-refractivity contribution is -0.389. The van der Waals surface area contributed by atoms with E-state index in [2.05, 4.69) is 20.7 Å². The minimum atomic E-state index is -0.585. The average molecular weight is 421 g/mol. The molecule has 0 bridgehead atoms. The highest BCUT2D eigenvalue weighted by Gasteiger charge is 2.23. The van der Waals surface area contributed by atoms with Crippen LogP contribution in [0.15, 0.2) is 53.3 Å². The Morgan fingerprint density at radius 3 is 2.58 bits per heavy atom. The molecular weight excluding hydrogens is 402 g/mol. The van der Waals surface area contributed by atoms with E-state index in [-0.39, 0.29) is 18.1 Å². The molecule has 3 aromatic heterocycles. The predicted molar refractivity (Wildman–Crippen MR) is 110 cm³/mol. The number of hydrogen-bond donors (Lipinski definition) is 1. The van der Waals surface area contributed by atoms with E-state index in [0.29, 0.717) is 23.7 Å². The quantitative estimate of drug-likeness (QED) is 0.358. The van der Waals surface area contributed by atoms with Crippen LogP contribution in [0.5, 0.6) is 0 Å². The van der Waals surface area contributed by atoms with Crippen LogP contribution in [-0.4, -0.2) is 35.5 Å². The van der Waals surface area contributed by atoms with Crippen molar-refractivity contribution in [2.75, 3.05) is 5.32 Å². The van der Waals surface area contributed by atoms with E-state index in [1.165, 1.54) is 16.9 Å². The first-order chi connectivity index (χ1) is 14.9. The Balaban J connectivity index is 1.47. The van der Waals surface area contributed by atoms with Crippen LogP contribution in [-0.2, 0) is 13.1 Å². The minimum absolute atomic E-state index is 0.0732. The van der Waals surface area contributed by atoms with Gasteiger partial charge < -0.3 is 20.0 Å². The molecule has 4 aromatic rings. The van der Waals surface area contributed by atoms with Crippen LogP contribution in [0.1, 0.15) is 32.9 Å². The first-order valence-electron chi connectivity index (χ1n) is 9.43. The predicted octanol–water partition coefficient (Wildman–Crippen LogP) is 2.94. The molecule has 11 nitrogen and oxygen atoms in total. The number of rotatable bonds is 7. The van der Waals surface area contributed by atoms with Gasteiger partial charge in [-0.1, -0.05) is 29.4 Å².